The third kappa shape index (κ3) is 7.55. The SMILES string of the molecule is COC1(CSc2ccc(C(F)(F)F)cc2)CCN(CCc2cc(C(F)(F)F)cc(C(F)(F)F)c2)CC1. The van der Waals surface area contributed by atoms with E-state index in [1.54, 1.807) is 7.11 Å². The lowest BCUT2D eigenvalue weighted by Gasteiger charge is -2.40. The van der Waals surface area contributed by atoms with Crippen LogP contribution in [-0.2, 0) is 29.7 Å². The summed E-state index contributed by atoms with van der Waals surface area (Å²) < 4.78 is 122. The van der Waals surface area contributed by atoms with E-state index < -0.39 is 40.8 Å². The Hall–Kier alpha value is -1.92. The van der Waals surface area contributed by atoms with E-state index in [0.717, 1.165) is 24.3 Å². The summed E-state index contributed by atoms with van der Waals surface area (Å²) in [6, 6.07) is 6.45. The molecule has 36 heavy (non-hydrogen) atoms. The van der Waals surface area contributed by atoms with Gasteiger partial charge in [-0.1, -0.05) is 0 Å². The molecule has 0 aliphatic carbocycles. The maximum atomic E-state index is 13.1. The molecule has 1 saturated heterocycles. The van der Waals surface area contributed by atoms with Gasteiger partial charge in [0, 0.05) is 37.4 Å². The molecule has 0 unspecified atom stereocenters. The van der Waals surface area contributed by atoms with Crippen molar-refractivity contribution in [3.05, 3.63) is 64.7 Å². The number of methoxy groups -OCH3 is 1. The van der Waals surface area contributed by atoms with Gasteiger partial charge in [0.1, 0.15) is 0 Å². The van der Waals surface area contributed by atoms with E-state index in [0.29, 0.717) is 36.6 Å². The molecule has 1 fully saturated rings. The minimum Gasteiger partial charge on any atom is -0.377 e. The van der Waals surface area contributed by atoms with Gasteiger partial charge in [-0.05, 0) is 67.3 Å². The summed E-state index contributed by atoms with van der Waals surface area (Å²) in [6.45, 7) is 1.32. The number of piperidine rings is 1. The lowest BCUT2D eigenvalue weighted by atomic mass is 9.92. The monoisotopic (exact) mass is 545 g/mol. The number of nitrogens with zero attached hydrogens (tertiary/aromatic N) is 1. The lowest BCUT2D eigenvalue weighted by Crippen LogP contribution is -2.47. The Morgan fingerprint density at radius 1 is 0.778 bits per heavy atom. The third-order valence-corrected chi connectivity index (χ3v) is 7.52. The van der Waals surface area contributed by atoms with E-state index in [1.165, 1.54) is 23.9 Å². The number of rotatable bonds is 7. The summed E-state index contributed by atoms with van der Waals surface area (Å²) in [5.41, 5.74) is -3.97. The minimum atomic E-state index is -4.88. The van der Waals surface area contributed by atoms with E-state index >= 15 is 0 Å². The molecule has 0 atom stereocenters. The summed E-state index contributed by atoms with van der Waals surface area (Å²) in [5, 5.41) is 0. The lowest BCUT2D eigenvalue weighted by molar-refractivity contribution is -0.143. The molecule has 0 N–H and O–H groups in total. The number of likely N-dealkylation sites (tertiary alicyclic amines) is 1. The summed E-state index contributed by atoms with van der Waals surface area (Å²) >= 11 is 1.36. The first-order chi connectivity index (χ1) is 16.6. The first-order valence-electron chi connectivity index (χ1n) is 11.0. The van der Waals surface area contributed by atoms with Gasteiger partial charge in [0.15, 0.2) is 0 Å². The Labute approximate surface area is 206 Å². The fourth-order valence-corrected chi connectivity index (χ4v) is 5.16. The number of thioether (sulfide) groups is 1. The zero-order valence-corrected chi connectivity index (χ0v) is 20.0. The first-order valence-corrected chi connectivity index (χ1v) is 12.0. The van der Waals surface area contributed by atoms with Gasteiger partial charge in [0.25, 0.3) is 0 Å². The van der Waals surface area contributed by atoms with Crippen LogP contribution in [0.2, 0.25) is 0 Å². The summed E-state index contributed by atoms with van der Waals surface area (Å²) in [5.74, 6) is 0.491. The highest BCUT2D eigenvalue weighted by Crippen LogP contribution is 2.37. The second kappa shape index (κ2) is 10.8. The predicted octanol–water partition coefficient (Wildman–Crippen LogP) is 7.56. The predicted molar refractivity (Wildman–Crippen MR) is 118 cm³/mol. The fourth-order valence-electron chi connectivity index (χ4n) is 4.00. The molecule has 2 aromatic rings. The minimum absolute atomic E-state index is 0.0211. The Balaban J connectivity index is 1.57. The second-order valence-corrected chi connectivity index (χ2v) is 9.75. The highest BCUT2D eigenvalue weighted by Gasteiger charge is 2.38. The highest BCUT2D eigenvalue weighted by molar-refractivity contribution is 7.99. The van der Waals surface area contributed by atoms with Crippen molar-refractivity contribution in [3.63, 3.8) is 0 Å². The molecular formula is C24H24F9NOS. The van der Waals surface area contributed by atoms with Gasteiger partial charge in [-0.15, -0.1) is 11.8 Å². The van der Waals surface area contributed by atoms with Gasteiger partial charge < -0.3 is 9.64 Å². The van der Waals surface area contributed by atoms with Gasteiger partial charge in [-0.2, -0.15) is 39.5 Å². The zero-order valence-electron chi connectivity index (χ0n) is 19.2. The molecule has 0 bridgehead atoms. The molecule has 12 heteroatoms. The van der Waals surface area contributed by atoms with E-state index in [4.69, 9.17) is 4.74 Å². The number of halogens is 9. The molecule has 1 heterocycles. The molecule has 0 amide bonds. The Kier molecular flexibility index (Phi) is 8.61. The van der Waals surface area contributed by atoms with Crippen LogP contribution in [-0.4, -0.2) is 43.0 Å². The van der Waals surface area contributed by atoms with Crippen molar-refractivity contribution in [1.82, 2.24) is 4.90 Å². The van der Waals surface area contributed by atoms with Gasteiger partial charge in [0.2, 0.25) is 0 Å². The van der Waals surface area contributed by atoms with Crippen LogP contribution in [0.5, 0.6) is 0 Å². The van der Waals surface area contributed by atoms with Crippen molar-refractivity contribution in [3.8, 4) is 0 Å². The molecule has 1 aliphatic rings. The normalized spacial score (nSPS) is 17.4. The Morgan fingerprint density at radius 3 is 1.72 bits per heavy atom. The highest BCUT2D eigenvalue weighted by atomic mass is 32.2. The molecular weight excluding hydrogens is 521 g/mol. The average molecular weight is 546 g/mol. The van der Waals surface area contributed by atoms with Gasteiger partial charge >= 0.3 is 18.5 Å². The van der Waals surface area contributed by atoms with Crippen molar-refractivity contribution in [2.45, 2.75) is 48.3 Å². The van der Waals surface area contributed by atoms with Crippen LogP contribution in [0, 0.1) is 0 Å². The Morgan fingerprint density at radius 2 is 1.28 bits per heavy atom. The molecule has 1 aliphatic heterocycles. The quantitative estimate of drug-likeness (QED) is 0.263. The van der Waals surface area contributed by atoms with E-state index in [1.807, 2.05) is 4.90 Å². The molecule has 200 valence electrons. The van der Waals surface area contributed by atoms with Gasteiger partial charge in [-0.3, -0.25) is 0 Å². The largest absolute Gasteiger partial charge is 0.416 e. The standard InChI is InChI=1S/C24H24F9NOS/c1-35-21(15-36-20-4-2-17(3-5-20)22(25,26)27)7-10-34(11-8-21)9-6-16-12-18(23(28,29)30)14-19(13-16)24(31,32)33/h2-5,12-14H,6-11,15H2,1H3. The number of hydrogen-bond donors (Lipinski definition) is 0. The van der Waals surface area contributed by atoms with E-state index in [-0.39, 0.29) is 24.6 Å². The molecule has 0 spiro atoms. The fraction of sp³-hybridized carbons (Fsp3) is 0.500. The topological polar surface area (TPSA) is 12.5 Å². The van der Waals surface area contributed by atoms with Crippen LogP contribution in [0.25, 0.3) is 0 Å². The maximum absolute atomic E-state index is 13.1. The molecule has 2 nitrogen and oxygen atoms in total. The van der Waals surface area contributed by atoms with Crippen molar-refractivity contribution in [2.24, 2.45) is 0 Å². The van der Waals surface area contributed by atoms with Gasteiger partial charge in [-0.25, -0.2) is 0 Å². The summed E-state index contributed by atoms with van der Waals surface area (Å²) in [7, 11) is 1.55. The number of hydrogen-bond acceptors (Lipinski definition) is 3. The third-order valence-electron chi connectivity index (χ3n) is 6.25. The zero-order chi connectivity index (χ0) is 26.8. The molecule has 0 saturated carbocycles. The van der Waals surface area contributed by atoms with Gasteiger partial charge in [0.05, 0.1) is 22.3 Å². The van der Waals surface area contributed by atoms with Crippen molar-refractivity contribution in [2.75, 3.05) is 32.5 Å². The van der Waals surface area contributed by atoms with E-state index in [9.17, 15) is 39.5 Å². The van der Waals surface area contributed by atoms with Crippen LogP contribution in [0.1, 0.15) is 35.1 Å². The summed E-state index contributed by atoms with van der Waals surface area (Å²) in [6.07, 6.45) is -13.0. The van der Waals surface area contributed by atoms with Crippen LogP contribution in [0.4, 0.5) is 39.5 Å². The van der Waals surface area contributed by atoms with Crippen molar-refractivity contribution < 1.29 is 44.3 Å². The summed E-state index contributed by atoms with van der Waals surface area (Å²) in [4.78, 5) is 2.61. The number of ether oxygens (including phenoxy) is 1. The maximum Gasteiger partial charge on any atom is 0.416 e. The second-order valence-electron chi connectivity index (χ2n) is 8.70. The first kappa shape index (κ1) is 28.6. The smallest absolute Gasteiger partial charge is 0.377 e. The Bertz CT molecular complexity index is 976. The molecule has 3 rings (SSSR count). The van der Waals surface area contributed by atoms with Crippen molar-refractivity contribution in [1.29, 1.82) is 0 Å². The average Bonchev–Trinajstić information content (AvgIpc) is 2.80. The van der Waals surface area contributed by atoms with Crippen LogP contribution < -0.4 is 0 Å². The van der Waals surface area contributed by atoms with Crippen LogP contribution in [0.3, 0.4) is 0 Å². The van der Waals surface area contributed by atoms with Crippen LogP contribution >= 0.6 is 11.8 Å². The number of alkyl halides is 9. The van der Waals surface area contributed by atoms with E-state index in [2.05, 4.69) is 0 Å². The number of benzene rings is 2. The van der Waals surface area contributed by atoms with Crippen LogP contribution in [0.15, 0.2) is 47.4 Å². The molecule has 0 aromatic heterocycles. The molecule has 2 aromatic carbocycles. The van der Waals surface area contributed by atoms with Crippen molar-refractivity contribution >= 4 is 11.8 Å². The molecule has 0 radical (unpaired) electrons.